The zero-order valence-electron chi connectivity index (χ0n) is 9.38. The van der Waals surface area contributed by atoms with E-state index in [-0.39, 0.29) is 12.5 Å². The van der Waals surface area contributed by atoms with Crippen LogP contribution in [0.5, 0.6) is 0 Å². The van der Waals surface area contributed by atoms with E-state index in [1.807, 2.05) is 0 Å². The van der Waals surface area contributed by atoms with Crippen molar-refractivity contribution < 1.29 is 23.8 Å². The monoisotopic (exact) mass is 239 g/mol. The van der Waals surface area contributed by atoms with E-state index in [4.69, 9.17) is 14.3 Å². The van der Waals surface area contributed by atoms with Crippen LogP contribution in [0.25, 0.3) is 0 Å². The Bertz CT molecular complexity index is 419. The molecule has 0 atom stereocenters. The lowest BCUT2D eigenvalue weighted by atomic mass is 9.95. The van der Waals surface area contributed by atoms with E-state index >= 15 is 0 Å². The smallest absolute Gasteiger partial charge is 0.329 e. The Hall–Kier alpha value is -1.82. The van der Waals surface area contributed by atoms with E-state index in [1.54, 1.807) is 17.9 Å². The summed E-state index contributed by atoms with van der Waals surface area (Å²) in [5, 5.41) is 8.50. The average molecular weight is 239 g/mol. The van der Waals surface area contributed by atoms with Gasteiger partial charge in [-0.2, -0.15) is 0 Å². The van der Waals surface area contributed by atoms with Gasteiger partial charge in [-0.25, -0.2) is 4.79 Å². The van der Waals surface area contributed by atoms with Gasteiger partial charge in [0, 0.05) is 0 Å². The van der Waals surface area contributed by atoms with E-state index < -0.39 is 11.6 Å². The van der Waals surface area contributed by atoms with E-state index in [9.17, 15) is 9.59 Å². The van der Waals surface area contributed by atoms with Crippen LogP contribution in [-0.4, -0.2) is 47.2 Å². The van der Waals surface area contributed by atoms with E-state index in [1.165, 1.54) is 12.5 Å². The SMILES string of the molecule is CC1(OCC(=O)O)CN(C(=O)c2ccoc2)C1. The van der Waals surface area contributed by atoms with Gasteiger partial charge in [0.15, 0.2) is 0 Å². The zero-order chi connectivity index (χ0) is 12.5. The van der Waals surface area contributed by atoms with E-state index in [0.717, 1.165) is 0 Å². The maximum Gasteiger partial charge on any atom is 0.329 e. The van der Waals surface area contributed by atoms with E-state index in [0.29, 0.717) is 18.7 Å². The topological polar surface area (TPSA) is 80.0 Å². The number of carboxylic acids is 1. The molecule has 0 radical (unpaired) electrons. The predicted octanol–water partition coefficient (Wildman–Crippen LogP) is 0.595. The fourth-order valence-electron chi connectivity index (χ4n) is 1.80. The Morgan fingerprint density at radius 1 is 1.59 bits per heavy atom. The number of aliphatic carboxylic acids is 1. The first-order chi connectivity index (χ1) is 8.00. The highest BCUT2D eigenvalue weighted by molar-refractivity contribution is 5.94. The van der Waals surface area contributed by atoms with Gasteiger partial charge in [-0.3, -0.25) is 4.79 Å². The van der Waals surface area contributed by atoms with Gasteiger partial charge in [0.05, 0.1) is 24.9 Å². The number of amides is 1. The third kappa shape index (κ3) is 2.47. The van der Waals surface area contributed by atoms with Gasteiger partial charge in [-0.1, -0.05) is 0 Å². The minimum atomic E-state index is -1.01. The van der Waals surface area contributed by atoms with Crippen molar-refractivity contribution in [3.8, 4) is 0 Å². The number of hydrogen-bond donors (Lipinski definition) is 1. The summed E-state index contributed by atoms with van der Waals surface area (Å²) in [6.07, 6.45) is 2.82. The number of ether oxygens (including phenoxy) is 1. The van der Waals surface area contributed by atoms with Crippen LogP contribution in [0.4, 0.5) is 0 Å². The summed E-state index contributed by atoms with van der Waals surface area (Å²) in [4.78, 5) is 23.8. The second kappa shape index (κ2) is 4.21. The Morgan fingerprint density at radius 2 is 2.29 bits per heavy atom. The molecule has 1 aromatic heterocycles. The standard InChI is InChI=1S/C11H13NO5/c1-11(17-5-9(13)14)6-12(7-11)10(15)8-2-3-16-4-8/h2-4H,5-7H2,1H3,(H,13,14). The molecule has 1 saturated heterocycles. The van der Waals surface area contributed by atoms with Gasteiger partial charge in [-0.05, 0) is 13.0 Å². The van der Waals surface area contributed by atoms with Crippen molar-refractivity contribution in [1.29, 1.82) is 0 Å². The van der Waals surface area contributed by atoms with Crippen LogP contribution in [0.1, 0.15) is 17.3 Å². The molecule has 2 heterocycles. The summed E-state index contributed by atoms with van der Waals surface area (Å²) in [5.41, 5.74) is -0.0667. The van der Waals surface area contributed by atoms with Crippen molar-refractivity contribution in [3.05, 3.63) is 24.2 Å². The maximum absolute atomic E-state index is 11.8. The number of carbonyl (C=O) groups excluding carboxylic acids is 1. The second-order valence-corrected chi connectivity index (χ2v) is 4.31. The minimum absolute atomic E-state index is 0.129. The average Bonchev–Trinajstić information content (AvgIpc) is 2.74. The second-order valence-electron chi connectivity index (χ2n) is 4.31. The molecule has 92 valence electrons. The molecule has 0 aromatic carbocycles. The Labute approximate surface area is 97.8 Å². The summed E-state index contributed by atoms with van der Waals surface area (Å²) >= 11 is 0. The molecular formula is C11H13NO5. The third-order valence-corrected chi connectivity index (χ3v) is 2.65. The lowest BCUT2D eigenvalue weighted by Gasteiger charge is -2.47. The van der Waals surface area contributed by atoms with Crippen LogP contribution in [-0.2, 0) is 9.53 Å². The Kier molecular flexibility index (Phi) is 2.89. The number of nitrogens with zero attached hydrogens (tertiary/aromatic N) is 1. The molecule has 0 saturated carbocycles. The largest absolute Gasteiger partial charge is 0.480 e. The highest BCUT2D eigenvalue weighted by atomic mass is 16.5. The van der Waals surface area contributed by atoms with Crippen molar-refractivity contribution >= 4 is 11.9 Å². The first-order valence-corrected chi connectivity index (χ1v) is 5.17. The number of hydrogen-bond acceptors (Lipinski definition) is 4. The van der Waals surface area contributed by atoms with Gasteiger partial charge in [0.25, 0.3) is 5.91 Å². The highest BCUT2D eigenvalue weighted by Crippen LogP contribution is 2.26. The summed E-state index contributed by atoms with van der Waals surface area (Å²) in [7, 11) is 0. The quantitative estimate of drug-likeness (QED) is 0.832. The minimum Gasteiger partial charge on any atom is -0.480 e. The molecule has 0 aliphatic carbocycles. The number of carbonyl (C=O) groups is 2. The van der Waals surface area contributed by atoms with Crippen LogP contribution < -0.4 is 0 Å². The van der Waals surface area contributed by atoms with Crippen LogP contribution >= 0.6 is 0 Å². The number of likely N-dealkylation sites (tertiary alicyclic amines) is 1. The van der Waals surface area contributed by atoms with Crippen LogP contribution in [0, 0.1) is 0 Å². The summed E-state index contributed by atoms with van der Waals surface area (Å²) in [5.74, 6) is -1.14. The summed E-state index contributed by atoms with van der Waals surface area (Å²) in [6.45, 7) is 2.23. The molecule has 1 N–H and O–H groups in total. The Morgan fingerprint density at radius 3 is 2.82 bits per heavy atom. The van der Waals surface area contributed by atoms with Gasteiger partial charge in [0.2, 0.25) is 0 Å². The fourth-order valence-corrected chi connectivity index (χ4v) is 1.80. The molecule has 6 heteroatoms. The van der Waals surface area contributed by atoms with Crippen molar-refractivity contribution in [2.75, 3.05) is 19.7 Å². The van der Waals surface area contributed by atoms with Crippen LogP contribution in [0.15, 0.2) is 23.0 Å². The van der Waals surface area contributed by atoms with Crippen molar-refractivity contribution in [2.45, 2.75) is 12.5 Å². The highest BCUT2D eigenvalue weighted by Gasteiger charge is 2.43. The first-order valence-electron chi connectivity index (χ1n) is 5.17. The summed E-state index contributed by atoms with van der Waals surface area (Å²) in [6, 6.07) is 1.59. The van der Waals surface area contributed by atoms with E-state index in [2.05, 4.69) is 0 Å². The zero-order valence-corrected chi connectivity index (χ0v) is 9.38. The van der Waals surface area contributed by atoms with Gasteiger partial charge >= 0.3 is 5.97 Å². The van der Waals surface area contributed by atoms with Gasteiger partial charge in [0.1, 0.15) is 18.5 Å². The third-order valence-electron chi connectivity index (χ3n) is 2.65. The Balaban J connectivity index is 1.86. The molecule has 1 fully saturated rings. The lowest BCUT2D eigenvalue weighted by Crippen LogP contribution is -2.63. The van der Waals surface area contributed by atoms with Crippen molar-refractivity contribution in [1.82, 2.24) is 4.90 Å². The molecule has 1 aromatic rings. The molecule has 1 aliphatic heterocycles. The van der Waals surface area contributed by atoms with Gasteiger partial charge < -0.3 is 19.2 Å². The normalized spacial score (nSPS) is 17.6. The van der Waals surface area contributed by atoms with Crippen LogP contribution in [0.2, 0.25) is 0 Å². The maximum atomic E-state index is 11.8. The summed E-state index contributed by atoms with van der Waals surface area (Å²) < 4.78 is 10.0. The first kappa shape index (κ1) is 11.7. The molecule has 0 bridgehead atoms. The molecule has 2 rings (SSSR count). The molecule has 0 spiro atoms. The molecule has 1 amide bonds. The molecule has 0 unspecified atom stereocenters. The number of furan rings is 1. The number of rotatable bonds is 4. The molecule has 6 nitrogen and oxygen atoms in total. The van der Waals surface area contributed by atoms with Crippen molar-refractivity contribution in [2.24, 2.45) is 0 Å². The lowest BCUT2D eigenvalue weighted by molar-refractivity contribution is -0.159. The molecule has 17 heavy (non-hydrogen) atoms. The molecular weight excluding hydrogens is 226 g/mol. The number of carboxylic acid groups (broad SMARTS) is 1. The molecule has 1 aliphatic rings. The van der Waals surface area contributed by atoms with Gasteiger partial charge in [-0.15, -0.1) is 0 Å². The van der Waals surface area contributed by atoms with Crippen molar-refractivity contribution in [3.63, 3.8) is 0 Å². The predicted molar refractivity (Wildman–Crippen MR) is 56.6 cm³/mol. The fraction of sp³-hybridized carbons (Fsp3) is 0.455. The van der Waals surface area contributed by atoms with Crippen LogP contribution in [0.3, 0.4) is 0 Å².